The van der Waals surface area contributed by atoms with E-state index in [4.69, 9.17) is 0 Å². The molecule has 0 aliphatic rings. The van der Waals surface area contributed by atoms with Crippen molar-refractivity contribution in [3.05, 3.63) is 29.8 Å². The molecule has 0 saturated heterocycles. The highest BCUT2D eigenvalue weighted by Gasteiger charge is 2.15. The van der Waals surface area contributed by atoms with Crippen molar-refractivity contribution in [1.29, 1.82) is 0 Å². The molecule has 0 radical (unpaired) electrons. The normalized spacial score (nSPS) is 11.4. The monoisotopic (exact) mass is 189 g/mol. The zero-order valence-electron chi connectivity index (χ0n) is 8.78. The van der Waals surface area contributed by atoms with Crippen molar-refractivity contribution in [2.75, 3.05) is 0 Å². The molecular weight excluding hydrogens is 174 g/mol. The van der Waals surface area contributed by atoms with Gasteiger partial charge >= 0.3 is 0 Å². The van der Waals surface area contributed by atoms with Gasteiger partial charge in [0.15, 0.2) is 5.88 Å². The molecule has 0 atom stereocenters. The van der Waals surface area contributed by atoms with E-state index in [0.717, 1.165) is 16.5 Å². The van der Waals surface area contributed by atoms with E-state index in [2.05, 4.69) is 19.9 Å². The first-order valence-corrected chi connectivity index (χ1v) is 4.89. The van der Waals surface area contributed by atoms with Crippen molar-refractivity contribution in [2.45, 2.75) is 19.8 Å². The zero-order chi connectivity index (χ0) is 10.3. The van der Waals surface area contributed by atoms with Crippen LogP contribution >= 0.6 is 0 Å². The van der Waals surface area contributed by atoms with Gasteiger partial charge in [0.05, 0.1) is 5.52 Å². The molecule has 2 nitrogen and oxygen atoms in total. The van der Waals surface area contributed by atoms with Crippen molar-refractivity contribution in [2.24, 2.45) is 7.05 Å². The summed E-state index contributed by atoms with van der Waals surface area (Å²) >= 11 is 0. The summed E-state index contributed by atoms with van der Waals surface area (Å²) in [5, 5.41) is 11.1. The molecule has 2 rings (SSSR count). The third-order valence-electron chi connectivity index (χ3n) is 2.69. The van der Waals surface area contributed by atoms with E-state index in [1.54, 1.807) is 0 Å². The van der Waals surface area contributed by atoms with Gasteiger partial charge in [-0.3, -0.25) is 0 Å². The standard InChI is InChI=1S/C12H15NO/c1-8(2)11-9-6-4-5-7-10(9)13(3)12(11)14/h4-8,14H,1-3H3. The van der Waals surface area contributed by atoms with Crippen molar-refractivity contribution in [1.82, 2.24) is 4.57 Å². The second kappa shape index (κ2) is 3.05. The van der Waals surface area contributed by atoms with E-state index in [-0.39, 0.29) is 0 Å². The van der Waals surface area contributed by atoms with Crippen LogP contribution in [0.15, 0.2) is 24.3 Å². The molecule has 0 unspecified atom stereocenters. The van der Waals surface area contributed by atoms with Crippen molar-refractivity contribution in [3.8, 4) is 5.88 Å². The summed E-state index contributed by atoms with van der Waals surface area (Å²) in [5.74, 6) is 0.738. The van der Waals surface area contributed by atoms with Gasteiger partial charge in [-0.25, -0.2) is 0 Å². The number of para-hydroxylation sites is 1. The predicted molar refractivity (Wildman–Crippen MR) is 58.7 cm³/mol. The molecule has 1 aromatic carbocycles. The van der Waals surface area contributed by atoms with Gasteiger partial charge in [0.2, 0.25) is 0 Å². The molecule has 0 aliphatic carbocycles. The number of hydrogen-bond acceptors (Lipinski definition) is 1. The first kappa shape index (κ1) is 9.13. The van der Waals surface area contributed by atoms with Gasteiger partial charge in [-0.1, -0.05) is 32.0 Å². The van der Waals surface area contributed by atoms with E-state index in [0.29, 0.717) is 11.8 Å². The first-order chi connectivity index (χ1) is 6.63. The molecule has 14 heavy (non-hydrogen) atoms. The summed E-state index contributed by atoms with van der Waals surface area (Å²) in [6, 6.07) is 8.09. The van der Waals surface area contributed by atoms with Crippen molar-refractivity contribution >= 4 is 10.9 Å². The Bertz CT molecular complexity index is 468. The van der Waals surface area contributed by atoms with E-state index >= 15 is 0 Å². The highest BCUT2D eigenvalue weighted by Crippen LogP contribution is 2.35. The Balaban J connectivity index is 2.88. The molecule has 0 bridgehead atoms. The number of benzene rings is 1. The molecule has 1 N–H and O–H groups in total. The maximum atomic E-state index is 9.95. The van der Waals surface area contributed by atoms with Crippen LogP contribution in [0.3, 0.4) is 0 Å². The van der Waals surface area contributed by atoms with Gasteiger partial charge in [-0.05, 0) is 12.0 Å². The van der Waals surface area contributed by atoms with Gasteiger partial charge in [-0.15, -0.1) is 0 Å². The lowest BCUT2D eigenvalue weighted by atomic mass is 10.0. The Kier molecular flexibility index (Phi) is 1.99. The Morgan fingerprint density at radius 3 is 2.50 bits per heavy atom. The quantitative estimate of drug-likeness (QED) is 0.733. The first-order valence-electron chi connectivity index (χ1n) is 4.89. The SMILES string of the molecule is CC(C)c1c(O)n(C)c2ccccc12. The summed E-state index contributed by atoms with van der Waals surface area (Å²) in [4.78, 5) is 0. The molecule has 0 amide bonds. The van der Waals surface area contributed by atoms with Crippen LogP contribution in [-0.4, -0.2) is 9.67 Å². The second-order valence-corrected chi connectivity index (χ2v) is 3.97. The Labute approximate surface area is 83.8 Å². The van der Waals surface area contributed by atoms with E-state index < -0.39 is 0 Å². The van der Waals surface area contributed by atoms with Crippen LogP contribution in [0.5, 0.6) is 5.88 Å². The molecule has 0 spiro atoms. The van der Waals surface area contributed by atoms with Gasteiger partial charge in [0.25, 0.3) is 0 Å². The van der Waals surface area contributed by atoms with Crippen molar-refractivity contribution < 1.29 is 5.11 Å². The summed E-state index contributed by atoms with van der Waals surface area (Å²) in [6.45, 7) is 4.20. The maximum absolute atomic E-state index is 9.95. The number of aromatic hydroxyl groups is 1. The van der Waals surface area contributed by atoms with E-state index in [9.17, 15) is 5.11 Å². The molecule has 0 aliphatic heterocycles. The lowest BCUT2D eigenvalue weighted by molar-refractivity contribution is 0.426. The Hall–Kier alpha value is -1.44. The fraction of sp³-hybridized carbons (Fsp3) is 0.333. The zero-order valence-corrected chi connectivity index (χ0v) is 8.78. The average molecular weight is 189 g/mol. The minimum atomic E-state index is 0.348. The molecule has 1 heterocycles. The van der Waals surface area contributed by atoms with Gasteiger partial charge in [-0.2, -0.15) is 0 Å². The molecule has 2 heteroatoms. The number of rotatable bonds is 1. The highest BCUT2D eigenvalue weighted by atomic mass is 16.3. The van der Waals surface area contributed by atoms with E-state index in [1.807, 2.05) is 29.8 Å². The Morgan fingerprint density at radius 1 is 1.21 bits per heavy atom. The molecule has 0 saturated carbocycles. The summed E-state index contributed by atoms with van der Waals surface area (Å²) in [5.41, 5.74) is 2.14. The molecule has 1 aromatic heterocycles. The summed E-state index contributed by atoms with van der Waals surface area (Å²) < 4.78 is 1.84. The fourth-order valence-corrected chi connectivity index (χ4v) is 1.98. The van der Waals surface area contributed by atoms with Crippen LogP contribution in [-0.2, 0) is 7.05 Å². The smallest absolute Gasteiger partial charge is 0.195 e. The summed E-state index contributed by atoms with van der Waals surface area (Å²) in [7, 11) is 1.89. The van der Waals surface area contributed by atoms with Crippen LogP contribution in [0.25, 0.3) is 10.9 Å². The third kappa shape index (κ3) is 1.10. The van der Waals surface area contributed by atoms with E-state index in [1.165, 1.54) is 0 Å². The molecule has 74 valence electrons. The molecule has 0 fully saturated rings. The average Bonchev–Trinajstić information content (AvgIpc) is 2.41. The maximum Gasteiger partial charge on any atom is 0.195 e. The molecule has 2 aromatic rings. The van der Waals surface area contributed by atoms with Crippen LogP contribution in [0, 0.1) is 0 Å². The van der Waals surface area contributed by atoms with Crippen molar-refractivity contribution in [3.63, 3.8) is 0 Å². The Morgan fingerprint density at radius 2 is 1.86 bits per heavy atom. The molecular formula is C12H15NO. The lowest BCUT2D eigenvalue weighted by Crippen LogP contribution is -1.88. The summed E-state index contributed by atoms with van der Waals surface area (Å²) in [6.07, 6.45) is 0. The third-order valence-corrected chi connectivity index (χ3v) is 2.69. The minimum Gasteiger partial charge on any atom is -0.494 e. The lowest BCUT2D eigenvalue weighted by Gasteiger charge is -2.03. The number of aromatic nitrogens is 1. The predicted octanol–water partition coefficient (Wildman–Crippen LogP) is 3.01. The van der Waals surface area contributed by atoms with Crippen LogP contribution in [0.2, 0.25) is 0 Å². The number of nitrogens with zero attached hydrogens (tertiary/aromatic N) is 1. The number of fused-ring (bicyclic) bond motifs is 1. The van der Waals surface area contributed by atoms with Gasteiger partial charge < -0.3 is 9.67 Å². The largest absolute Gasteiger partial charge is 0.494 e. The topological polar surface area (TPSA) is 25.2 Å². The number of hydrogen-bond donors (Lipinski definition) is 1. The second-order valence-electron chi connectivity index (χ2n) is 3.97. The van der Waals surface area contributed by atoms with Gasteiger partial charge in [0.1, 0.15) is 0 Å². The van der Waals surface area contributed by atoms with Crippen LogP contribution in [0.1, 0.15) is 25.3 Å². The highest BCUT2D eigenvalue weighted by molar-refractivity contribution is 5.87. The van der Waals surface area contributed by atoms with Crippen LogP contribution in [0.4, 0.5) is 0 Å². The van der Waals surface area contributed by atoms with Gasteiger partial charge in [0, 0.05) is 18.0 Å². The number of aryl methyl sites for hydroxylation is 1. The minimum absolute atomic E-state index is 0.348. The fourth-order valence-electron chi connectivity index (χ4n) is 1.98. The van der Waals surface area contributed by atoms with Crippen LogP contribution < -0.4 is 0 Å².